The molecule has 1 N–H and O–H groups in total. The highest BCUT2D eigenvalue weighted by atomic mass is 16.5. The van der Waals surface area contributed by atoms with Crippen LogP contribution in [0.1, 0.15) is 86.5 Å². The predicted octanol–water partition coefficient (Wildman–Crippen LogP) is 5.17. The molecule has 0 aromatic carbocycles. The lowest BCUT2D eigenvalue weighted by atomic mass is 9.68. The Kier molecular flexibility index (Phi) is 7.70. The van der Waals surface area contributed by atoms with Crippen LogP contribution < -0.4 is 5.32 Å². The molecule has 1 saturated carbocycles. The van der Waals surface area contributed by atoms with Crippen LogP contribution in [0.4, 0.5) is 0 Å². The van der Waals surface area contributed by atoms with Gasteiger partial charge in [0.15, 0.2) is 0 Å². The molecule has 0 saturated heterocycles. The highest BCUT2D eigenvalue weighted by Crippen LogP contribution is 2.42. The molecular formula is C19H39NO. The topological polar surface area (TPSA) is 21.3 Å². The Bertz CT molecular complexity index is 272. The van der Waals surface area contributed by atoms with E-state index in [4.69, 9.17) is 4.74 Å². The molecule has 0 aromatic rings. The van der Waals surface area contributed by atoms with E-state index in [1.807, 2.05) is 0 Å². The van der Waals surface area contributed by atoms with E-state index in [1.165, 1.54) is 44.9 Å². The van der Waals surface area contributed by atoms with Crippen molar-refractivity contribution in [2.24, 2.45) is 11.3 Å². The lowest BCUT2D eigenvalue weighted by molar-refractivity contribution is -0.0862. The predicted molar refractivity (Wildman–Crippen MR) is 92.8 cm³/mol. The minimum Gasteiger partial charge on any atom is -0.374 e. The van der Waals surface area contributed by atoms with Crippen LogP contribution in [0, 0.1) is 11.3 Å². The maximum atomic E-state index is 6.42. The largest absolute Gasteiger partial charge is 0.374 e. The van der Waals surface area contributed by atoms with Gasteiger partial charge >= 0.3 is 0 Å². The van der Waals surface area contributed by atoms with Gasteiger partial charge in [-0.15, -0.1) is 0 Å². The molecule has 2 heteroatoms. The average molecular weight is 298 g/mol. The van der Waals surface area contributed by atoms with Crippen molar-refractivity contribution in [1.29, 1.82) is 0 Å². The van der Waals surface area contributed by atoms with Gasteiger partial charge in [0.2, 0.25) is 0 Å². The van der Waals surface area contributed by atoms with Gasteiger partial charge in [-0.1, -0.05) is 54.4 Å². The first kappa shape index (κ1) is 19.0. The fourth-order valence-electron chi connectivity index (χ4n) is 3.41. The maximum absolute atomic E-state index is 6.42. The summed E-state index contributed by atoms with van der Waals surface area (Å²) in [6.45, 7) is 15.8. The van der Waals surface area contributed by atoms with E-state index >= 15 is 0 Å². The molecule has 1 fully saturated rings. The molecule has 1 aliphatic rings. The second-order valence-corrected chi connectivity index (χ2v) is 8.41. The van der Waals surface area contributed by atoms with E-state index < -0.39 is 0 Å². The third-order valence-electron chi connectivity index (χ3n) is 5.11. The highest BCUT2D eigenvalue weighted by molar-refractivity contribution is 4.92. The zero-order valence-corrected chi connectivity index (χ0v) is 15.4. The standard InChI is InChI=1S/C19H39NO/c1-7-8-9-14-21-19(15-20-16(2)3)12-10-17(11-13-19)18(4,5)6/h16-17,20H,7-15H2,1-6H3. The first-order valence-corrected chi connectivity index (χ1v) is 9.16. The smallest absolute Gasteiger partial charge is 0.0806 e. The molecule has 0 aliphatic heterocycles. The molecule has 0 radical (unpaired) electrons. The Balaban J connectivity index is 2.54. The number of nitrogens with one attached hydrogen (secondary N) is 1. The third-order valence-corrected chi connectivity index (χ3v) is 5.11. The van der Waals surface area contributed by atoms with E-state index in [-0.39, 0.29) is 5.60 Å². The van der Waals surface area contributed by atoms with Gasteiger partial charge in [0, 0.05) is 19.2 Å². The van der Waals surface area contributed by atoms with E-state index in [0.717, 1.165) is 19.1 Å². The lowest BCUT2D eigenvalue weighted by Crippen LogP contribution is -2.48. The van der Waals surface area contributed by atoms with Gasteiger partial charge in [0.25, 0.3) is 0 Å². The van der Waals surface area contributed by atoms with Gasteiger partial charge in [0.05, 0.1) is 5.60 Å². The van der Waals surface area contributed by atoms with Gasteiger partial charge < -0.3 is 10.1 Å². The zero-order chi connectivity index (χ0) is 15.9. The molecule has 0 unspecified atom stereocenters. The van der Waals surface area contributed by atoms with E-state index in [2.05, 4.69) is 46.9 Å². The number of ether oxygens (including phenoxy) is 1. The number of unbranched alkanes of at least 4 members (excludes halogenated alkanes) is 2. The van der Waals surface area contributed by atoms with Crippen LogP contribution >= 0.6 is 0 Å². The number of rotatable bonds is 8. The summed E-state index contributed by atoms with van der Waals surface area (Å²) in [4.78, 5) is 0. The summed E-state index contributed by atoms with van der Waals surface area (Å²) in [5, 5.41) is 3.63. The summed E-state index contributed by atoms with van der Waals surface area (Å²) in [7, 11) is 0. The average Bonchev–Trinajstić information content (AvgIpc) is 2.41. The van der Waals surface area contributed by atoms with Gasteiger partial charge in [-0.2, -0.15) is 0 Å². The first-order valence-electron chi connectivity index (χ1n) is 9.16. The van der Waals surface area contributed by atoms with Crippen molar-refractivity contribution < 1.29 is 4.74 Å². The molecule has 1 aliphatic carbocycles. The van der Waals surface area contributed by atoms with Crippen LogP contribution in [0.5, 0.6) is 0 Å². The summed E-state index contributed by atoms with van der Waals surface area (Å²) in [6, 6.07) is 0.543. The molecule has 1 rings (SSSR count). The lowest BCUT2D eigenvalue weighted by Gasteiger charge is -2.44. The van der Waals surface area contributed by atoms with Crippen molar-refractivity contribution in [3.63, 3.8) is 0 Å². The van der Waals surface area contributed by atoms with Crippen molar-refractivity contribution in [3.8, 4) is 0 Å². The minimum atomic E-state index is 0.0970. The second kappa shape index (κ2) is 8.53. The van der Waals surface area contributed by atoms with Crippen LogP contribution in [0.15, 0.2) is 0 Å². The van der Waals surface area contributed by atoms with E-state index in [9.17, 15) is 0 Å². The Labute approximate surface area is 133 Å². The molecule has 126 valence electrons. The van der Waals surface area contributed by atoms with Crippen molar-refractivity contribution in [2.45, 2.75) is 98.1 Å². The van der Waals surface area contributed by atoms with Crippen LogP contribution in [-0.2, 0) is 4.74 Å². The number of hydrogen-bond donors (Lipinski definition) is 1. The zero-order valence-electron chi connectivity index (χ0n) is 15.4. The monoisotopic (exact) mass is 297 g/mol. The molecule has 0 spiro atoms. The molecular weight excluding hydrogens is 258 g/mol. The van der Waals surface area contributed by atoms with Crippen LogP contribution in [0.2, 0.25) is 0 Å². The fourth-order valence-corrected chi connectivity index (χ4v) is 3.41. The maximum Gasteiger partial charge on any atom is 0.0806 e. The molecule has 2 nitrogen and oxygen atoms in total. The summed E-state index contributed by atoms with van der Waals surface area (Å²) < 4.78 is 6.42. The van der Waals surface area contributed by atoms with Gasteiger partial charge in [-0.25, -0.2) is 0 Å². The van der Waals surface area contributed by atoms with Crippen LogP contribution in [0.25, 0.3) is 0 Å². The Hall–Kier alpha value is -0.0800. The van der Waals surface area contributed by atoms with Crippen LogP contribution in [-0.4, -0.2) is 24.8 Å². The van der Waals surface area contributed by atoms with Gasteiger partial charge in [-0.3, -0.25) is 0 Å². The van der Waals surface area contributed by atoms with Crippen molar-refractivity contribution in [2.75, 3.05) is 13.2 Å². The Morgan fingerprint density at radius 3 is 2.24 bits per heavy atom. The van der Waals surface area contributed by atoms with Gasteiger partial charge in [-0.05, 0) is 43.4 Å². The van der Waals surface area contributed by atoms with Crippen molar-refractivity contribution >= 4 is 0 Å². The van der Waals surface area contributed by atoms with Crippen molar-refractivity contribution in [3.05, 3.63) is 0 Å². The third kappa shape index (κ3) is 6.69. The quantitative estimate of drug-likeness (QED) is 0.624. The minimum absolute atomic E-state index is 0.0970. The summed E-state index contributed by atoms with van der Waals surface area (Å²) in [5.41, 5.74) is 0.541. The SMILES string of the molecule is CCCCCOC1(CNC(C)C)CCC(C(C)(C)C)CC1. The number of hydrogen-bond acceptors (Lipinski definition) is 2. The molecule has 0 atom stereocenters. The molecule has 0 aromatic heterocycles. The van der Waals surface area contributed by atoms with E-state index in [0.29, 0.717) is 11.5 Å². The molecule has 0 heterocycles. The summed E-state index contributed by atoms with van der Waals surface area (Å²) in [5.74, 6) is 0.851. The van der Waals surface area contributed by atoms with E-state index in [1.54, 1.807) is 0 Å². The summed E-state index contributed by atoms with van der Waals surface area (Å²) in [6.07, 6.45) is 8.85. The highest BCUT2D eigenvalue weighted by Gasteiger charge is 2.39. The Morgan fingerprint density at radius 1 is 1.14 bits per heavy atom. The molecule has 21 heavy (non-hydrogen) atoms. The molecule has 0 bridgehead atoms. The second-order valence-electron chi connectivity index (χ2n) is 8.41. The summed E-state index contributed by atoms with van der Waals surface area (Å²) >= 11 is 0. The molecule has 0 amide bonds. The Morgan fingerprint density at radius 2 is 1.76 bits per heavy atom. The van der Waals surface area contributed by atoms with Crippen LogP contribution in [0.3, 0.4) is 0 Å². The first-order chi connectivity index (χ1) is 9.79. The fraction of sp³-hybridized carbons (Fsp3) is 1.00. The van der Waals surface area contributed by atoms with Crippen molar-refractivity contribution in [1.82, 2.24) is 5.32 Å². The normalized spacial score (nSPS) is 27.3. The van der Waals surface area contributed by atoms with Gasteiger partial charge in [0.1, 0.15) is 0 Å².